The number of allylic oxidation sites excluding steroid dienone is 4. The van der Waals surface area contributed by atoms with E-state index < -0.39 is 5.97 Å². The number of aliphatic hydroxyl groups is 1. The van der Waals surface area contributed by atoms with Gasteiger partial charge in [-0.15, -0.1) is 0 Å². The van der Waals surface area contributed by atoms with E-state index in [1.54, 1.807) is 6.08 Å². The first-order valence-corrected chi connectivity index (χ1v) is 11.2. The van der Waals surface area contributed by atoms with Gasteiger partial charge in [-0.2, -0.15) is 0 Å². The molecule has 1 aromatic carbocycles. The number of carbonyl (C=O) groups is 1. The normalized spacial score (nSPS) is 22.9. The van der Waals surface area contributed by atoms with E-state index in [-0.39, 0.29) is 18.1 Å². The highest BCUT2D eigenvalue weighted by Crippen LogP contribution is 2.37. The molecule has 0 spiro atoms. The third kappa shape index (κ3) is 9.00. The van der Waals surface area contributed by atoms with E-state index in [9.17, 15) is 9.90 Å². The summed E-state index contributed by atoms with van der Waals surface area (Å²) in [6.45, 7) is 2.21. The molecule has 0 aromatic heterocycles. The molecule has 164 valence electrons. The highest BCUT2D eigenvalue weighted by Gasteiger charge is 2.32. The highest BCUT2D eigenvalue weighted by molar-refractivity contribution is 5.80. The number of para-hydroxylation sites is 1. The van der Waals surface area contributed by atoms with E-state index in [4.69, 9.17) is 9.84 Å². The number of hydrogen-bond acceptors (Lipinski definition) is 3. The molecular formula is C26H36O4. The lowest BCUT2D eigenvalue weighted by atomic mass is 9.89. The lowest BCUT2D eigenvalue weighted by molar-refractivity contribution is -0.131. The van der Waals surface area contributed by atoms with E-state index in [1.807, 2.05) is 42.5 Å². The summed E-state index contributed by atoms with van der Waals surface area (Å²) in [6, 6.07) is 10.1. The number of aliphatic carboxylic acids is 1. The lowest BCUT2D eigenvalue weighted by Crippen LogP contribution is -2.19. The highest BCUT2D eigenvalue weighted by atomic mass is 16.5. The molecule has 1 aliphatic rings. The quantitative estimate of drug-likeness (QED) is 0.311. The molecule has 2 rings (SSSR count). The molecule has 0 saturated heterocycles. The Morgan fingerprint density at radius 1 is 1.10 bits per heavy atom. The Hall–Kier alpha value is -2.33. The minimum Gasteiger partial charge on any atom is -0.490 e. The minimum absolute atomic E-state index is 0.169. The summed E-state index contributed by atoms with van der Waals surface area (Å²) in [5.74, 6) is 0.646. The van der Waals surface area contributed by atoms with Gasteiger partial charge in [-0.05, 0) is 56.6 Å². The Balaban J connectivity index is 1.83. The van der Waals surface area contributed by atoms with E-state index in [0.29, 0.717) is 5.92 Å². The summed E-state index contributed by atoms with van der Waals surface area (Å²) >= 11 is 0. The first-order chi connectivity index (χ1) is 14.6. The van der Waals surface area contributed by atoms with Crippen molar-refractivity contribution in [2.45, 2.75) is 70.5 Å². The zero-order valence-electron chi connectivity index (χ0n) is 18.0. The van der Waals surface area contributed by atoms with Gasteiger partial charge in [0.15, 0.2) is 0 Å². The molecule has 4 nitrogen and oxygen atoms in total. The zero-order chi connectivity index (χ0) is 21.6. The smallest absolute Gasteiger partial charge is 0.328 e. The summed E-state index contributed by atoms with van der Waals surface area (Å²) in [4.78, 5) is 10.5. The molecule has 1 saturated carbocycles. The van der Waals surface area contributed by atoms with Crippen molar-refractivity contribution in [3.8, 4) is 5.75 Å². The largest absolute Gasteiger partial charge is 0.490 e. The Labute approximate surface area is 181 Å². The molecule has 1 aliphatic carbocycles. The van der Waals surface area contributed by atoms with Crippen molar-refractivity contribution in [2.24, 2.45) is 11.8 Å². The van der Waals surface area contributed by atoms with Crippen molar-refractivity contribution < 1.29 is 19.7 Å². The summed E-state index contributed by atoms with van der Waals surface area (Å²) in [7, 11) is 0. The average Bonchev–Trinajstić information content (AvgIpc) is 3.08. The topological polar surface area (TPSA) is 66.8 Å². The molecule has 1 unspecified atom stereocenters. The van der Waals surface area contributed by atoms with Crippen molar-refractivity contribution in [2.75, 3.05) is 0 Å². The van der Waals surface area contributed by atoms with Crippen molar-refractivity contribution in [3.05, 3.63) is 66.8 Å². The van der Waals surface area contributed by atoms with Gasteiger partial charge >= 0.3 is 5.97 Å². The lowest BCUT2D eigenvalue weighted by Gasteiger charge is -2.22. The number of hydrogen-bond donors (Lipinski definition) is 2. The predicted octanol–water partition coefficient (Wildman–Crippen LogP) is 5.93. The second-order valence-electron chi connectivity index (χ2n) is 8.08. The summed E-state index contributed by atoms with van der Waals surface area (Å²) in [5.41, 5.74) is 0. The van der Waals surface area contributed by atoms with Crippen LogP contribution in [0.1, 0.15) is 58.3 Å². The zero-order valence-corrected chi connectivity index (χ0v) is 18.0. The van der Waals surface area contributed by atoms with Crippen LogP contribution in [-0.2, 0) is 4.79 Å². The van der Waals surface area contributed by atoms with Crippen LogP contribution in [0, 0.1) is 11.8 Å². The maximum Gasteiger partial charge on any atom is 0.328 e. The molecule has 4 atom stereocenters. The Morgan fingerprint density at radius 2 is 1.83 bits per heavy atom. The predicted molar refractivity (Wildman–Crippen MR) is 122 cm³/mol. The second kappa shape index (κ2) is 13.8. The third-order valence-electron chi connectivity index (χ3n) is 5.75. The average molecular weight is 413 g/mol. The number of carboxylic acid groups (broad SMARTS) is 1. The molecule has 0 heterocycles. The monoisotopic (exact) mass is 412 g/mol. The number of carboxylic acids is 1. The Morgan fingerprint density at radius 3 is 2.57 bits per heavy atom. The fraction of sp³-hybridized carbons (Fsp3) is 0.500. The minimum atomic E-state index is -0.955. The van der Waals surface area contributed by atoms with Crippen LogP contribution in [0.3, 0.4) is 0 Å². The van der Waals surface area contributed by atoms with Crippen LogP contribution in [0.4, 0.5) is 0 Å². The van der Waals surface area contributed by atoms with Gasteiger partial charge in [-0.1, -0.05) is 68.3 Å². The summed E-state index contributed by atoms with van der Waals surface area (Å²) < 4.78 is 6.23. The van der Waals surface area contributed by atoms with Crippen LogP contribution in [0.25, 0.3) is 0 Å². The summed E-state index contributed by atoms with van der Waals surface area (Å²) in [6.07, 6.45) is 18.6. The van der Waals surface area contributed by atoms with Crippen molar-refractivity contribution in [1.29, 1.82) is 0 Å². The van der Waals surface area contributed by atoms with E-state index in [2.05, 4.69) is 13.0 Å². The molecule has 30 heavy (non-hydrogen) atoms. The van der Waals surface area contributed by atoms with Gasteiger partial charge in [0.2, 0.25) is 0 Å². The number of ether oxygens (including phenoxy) is 1. The van der Waals surface area contributed by atoms with Gasteiger partial charge in [0, 0.05) is 12.0 Å². The van der Waals surface area contributed by atoms with Crippen LogP contribution in [0.15, 0.2) is 66.8 Å². The molecule has 1 fully saturated rings. The fourth-order valence-electron chi connectivity index (χ4n) is 4.16. The van der Waals surface area contributed by atoms with Gasteiger partial charge < -0.3 is 14.9 Å². The Bertz CT molecular complexity index is 692. The van der Waals surface area contributed by atoms with Crippen molar-refractivity contribution >= 4 is 5.97 Å². The number of unbranched alkanes of at least 4 members (excludes halogenated alkanes) is 1. The maximum atomic E-state index is 10.5. The third-order valence-corrected chi connectivity index (χ3v) is 5.75. The number of rotatable bonds is 13. The van der Waals surface area contributed by atoms with Gasteiger partial charge in [0.1, 0.15) is 5.75 Å². The first-order valence-electron chi connectivity index (χ1n) is 11.2. The second-order valence-corrected chi connectivity index (χ2v) is 8.08. The molecule has 0 amide bonds. The molecule has 4 heteroatoms. The van der Waals surface area contributed by atoms with Crippen LogP contribution in [-0.4, -0.2) is 28.4 Å². The molecule has 1 aromatic rings. The molecule has 0 radical (unpaired) electrons. The van der Waals surface area contributed by atoms with Gasteiger partial charge in [0.25, 0.3) is 0 Å². The number of aliphatic hydroxyl groups excluding tert-OH is 1. The first kappa shape index (κ1) is 23.9. The van der Waals surface area contributed by atoms with Gasteiger partial charge in [-0.3, -0.25) is 0 Å². The maximum absolute atomic E-state index is 10.5. The van der Waals surface area contributed by atoms with Crippen molar-refractivity contribution in [1.82, 2.24) is 0 Å². The molecule has 0 bridgehead atoms. The van der Waals surface area contributed by atoms with Crippen LogP contribution in [0.5, 0.6) is 5.75 Å². The van der Waals surface area contributed by atoms with Crippen LogP contribution < -0.4 is 4.74 Å². The molecule has 0 aliphatic heterocycles. The van der Waals surface area contributed by atoms with Gasteiger partial charge in [0.05, 0.1) is 12.2 Å². The molecule has 2 N–H and O–H groups in total. The SMILES string of the molecule is CCCCC(CCC[C@H]1CC[C@H](O)[C@@H]1C=CC=CC=CC(=O)O)Oc1ccccc1. The van der Waals surface area contributed by atoms with E-state index in [0.717, 1.165) is 50.4 Å². The van der Waals surface area contributed by atoms with Crippen LogP contribution in [0.2, 0.25) is 0 Å². The fourth-order valence-corrected chi connectivity index (χ4v) is 4.16. The standard InChI is InChI=1S/C26H36O4/c1-2-3-13-22(30-23-14-7-6-8-15-23)16-11-12-21-19-20-25(27)24(21)17-9-4-5-10-18-26(28)29/h4-10,14-15,17-18,21-22,24-25,27H,2-3,11-13,16,19-20H2,1H3,(H,28,29)/t21-,22?,24+,25-/m0/s1. The number of benzene rings is 1. The summed E-state index contributed by atoms with van der Waals surface area (Å²) in [5, 5.41) is 18.9. The van der Waals surface area contributed by atoms with E-state index >= 15 is 0 Å². The van der Waals surface area contributed by atoms with E-state index in [1.165, 1.54) is 18.9 Å². The van der Waals surface area contributed by atoms with Gasteiger partial charge in [-0.25, -0.2) is 4.79 Å². The van der Waals surface area contributed by atoms with Crippen LogP contribution >= 0.6 is 0 Å². The molecular weight excluding hydrogens is 376 g/mol. The Kier molecular flexibility index (Phi) is 11.0. The van der Waals surface area contributed by atoms with Crippen molar-refractivity contribution in [3.63, 3.8) is 0 Å².